The monoisotopic (exact) mass is 515 g/mol. The van der Waals surface area contributed by atoms with Crippen LogP contribution in [0.1, 0.15) is 84.1 Å². The number of esters is 1. The van der Waals surface area contributed by atoms with Crippen LogP contribution in [0.5, 0.6) is 0 Å². The second kappa shape index (κ2) is 10.3. The number of nitriles is 1. The van der Waals surface area contributed by atoms with Gasteiger partial charge in [0.25, 0.3) is 5.91 Å². The van der Waals surface area contributed by atoms with E-state index in [1.807, 2.05) is 24.3 Å². The van der Waals surface area contributed by atoms with Crippen LogP contribution in [0, 0.1) is 22.7 Å². The lowest BCUT2D eigenvalue weighted by atomic mass is 9.70. The number of thiophene rings is 1. The third-order valence-electron chi connectivity index (χ3n) is 7.81. The Morgan fingerprint density at radius 2 is 1.92 bits per heavy atom. The summed E-state index contributed by atoms with van der Waals surface area (Å²) in [4.78, 5) is 32.4. The smallest absolute Gasteiger partial charge is 0.339 e. The standard InChI is InChI=1S/C30H33N3O3S/c1-30(2,3)18-13-14-24-21(15-18)27(20-10-7-8-11-23(20)32-24)29(35)36-17-26(34)33-28-22(16-31)19-9-5-4-6-12-25(19)37-28/h7-8,10-11,18H,4-6,9,12-15,17H2,1-3H3,(H,33,34). The molecule has 1 N–H and O–H groups in total. The van der Waals surface area contributed by atoms with Crippen molar-refractivity contribution in [2.45, 2.75) is 72.1 Å². The summed E-state index contributed by atoms with van der Waals surface area (Å²) in [5, 5.41) is 13.9. The average molecular weight is 516 g/mol. The maximum Gasteiger partial charge on any atom is 0.339 e. The van der Waals surface area contributed by atoms with Crippen molar-refractivity contribution in [3.05, 3.63) is 57.1 Å². The minimum Gasteiger partial charge on any atom is -0.452 e. The molecule has 2 heterocycles. The fraction of sp³-hybridized carbons (Fsp3) is 0.467. The van der Waals surface area contributed by atoms with E-state index in [-0.39, 0.29) is 5.41 Å². The molecule has 0 aliphatic heterocycles. The highest BCUT2D eigenvalue weighted by Crippen LogP contribution is 2.40. The van der Waals surface area contributed by atoms with Crippen molar-refractivity contribution in [2.24, 2.45) is 11.3 Å². The van der Waals surface area contributed by atoms with E-state index in [1.165, 1.54) is 16.2 Å². The summed E-state index contributed by atoms with van der Waals surface area (Å²) in [6, 6.07) is 9.91. The van der Waals surface area contributed by atoms with Crippen LogP contribution in [0.3, 0.4) is 0 Å². The van der Waals surface area contributed by atoms with Gasteiger partial charge in [-0.05, 0) is 73.5 Å². The molecule has 0 radical (unpaired) electrons. The lowest BCUT2D eigenvalue weighted by Gasteiger charge is -2.35. The van der Waals surface area contributed by atoms with Crippen molar-refractivity contribution in [1.29, 1.82) is 5.26 Å². The largest absolute Gasteiger partial charge is 0.452 e. The number of hydrogen-bond acceptors (Lipinski definition) is 6. The van der Waals surface area contributed by atoms with Crippen molar-refractivity contribution in [3.63, 3.8) is 0 Å². The molecule has 0 saturated heterocycles. The minimum absolute atomic E-state index is 0.113. The number of anilines is 1. The van der Waals surface area contributed by atoms with Gasteiger partial charge >= 0.3 is 5.97 Å². The molecule has 37 heavy (non-hydrogen) atoms. The molecule has 0 fully saturated rings. The van der Waals surface area contributed by atoms with Crippen LogP contribution in [0.25, 0.3) is 10.9 Å². The molecule has 1 atom stereocenters. The Bertz CT molecular complexity index is 1410. The molecule has 192 valence electrons. The number of ether oxygens (including phenoxy) is 1. The number of pyridine rings is 1. The molecular formula is C30H33N3O3S. The Morgan fingerprint density at radius 1 is 1.14 bits per heavy atom. The van der Waals surface area contributed by atoms with Crippen LogP contribution >= 0.6 is 11.3 Å². The van der Waals surface area contributed by atoms with Crippen LogP contribution in [0.4, 0.5) is 5.00 Å². The van der Waals surface area contributed by atoms with Gasteiger partial charge in [-0.3, -0.25) is 9.78 Å². The van der Waals surface area contributed by atoms with E-state index in [0.29, 0.717) is 22.0 Å². The maximum absolute atomic E-state index is 13.5. The van der Waals surface area contributed by atoms with Crippen LogP contribution in [0.15, 0.2) is 24.3 Å². The zero-order chi connectivity index (χ0) is 26.2. The Balaban J connectivity index is 1.37. The summed E-state index contributed by atoms with van der Waals surface area (Å²) in [7, 11) is 0. The number of rotatable bonds is 4. The predicted molar refractivity (Wildman–Crippen MR) is 146 cm³/mol. The van der Waals surface area contributed by atoms with E-state index in [9.17, 15) is 14.9 Å². The topological polar surface area (TPSA) is 92.1 Å². The first-order valence-electron chi connectivity index (χ1n) is 13.2. The first-order chi connectivity index (χ1) is 17.8. The molecule has 5 rings (SSSR count). The molecule has 2 aromatic heterocycles. The van der Waals surface area contributed by atoms with Crippen LogP contribution in [-0.4, -0.2) is 23.5 Å². The first-order valence-corrected chi connectivity index (χ1v) is 14.0. The molecule has 3 aromatic rings. The number of carbonyl (C=O) groups is 2. The number of nitrogens with one attached hydrogen (secondary N) is 1. The lowest BCUT2D eigenvalue weighted by Crippen LogP contribution is -2.29. The summed E-state index contributed by atoms with van der Waals surface area (Å²) < 4.78 is 5.60. The molecule has 6 nitrogen and oxygen atoms in total. The number of nitrogens with zero attached hydrogens (tertiary/aromatic N) is 2. The van der Waals surface area contributed by atoms with Gasteiger partial charge in [0.1, 0.15) is 11.1 Å². The van der Waals surface area contributed by atoms with Crippen molar-refractivity contribution in [1.82, 2.24) is 4.98 Å². The molecule has 0 saturated carbocycles. The van der Waals surface area contributed by atoms with E-state index >= 15 is 0 Å². The first kappa shape index (κ1) is 25.4. The summed E-state index contributed by atoms with van der Waals surface area (Å²) >= 11 is 1.48. The highest BCUT2D eigenvalue weighted by atomic mass is 32.1. The number of para-hydroxylation sites is 1. The summed E-state index contributed by atoms with van der Waals surface area (Å²) in [6.45, 7) is 6.30. The molecule has 0 bridgehead atoms. The number of hydrogen-bond donors (Lipinski definition) is 1. The molecule has 0 spiro atoms. The summed E-state index contributed by atoms with van der Waals surface area (Å²) in [5.41, 5.74) is 4.94. The van der Waals surface area contributed by atoms with Crippen LogP contribution in [0.2, 0.25) is 0 Å². The summed E-state index contributed by atoms with van der Waals surface area (Å²) in [6.07, 6.45) is 7.75. The van der Waals surface area contributed by atoms with E-state index in [2.05, 4.69) is 32.2 Å². The third kappa shape index (κ3) is 5.13. The normalized spacial score (nSPS) is 17.3. The third-order valence-corrected chi connectivity index (χ3v) is 9.02. The van der Waals surface area contributed by atoms with Gasteiger partial charge in [-0.15, -0.1) is 11.3 Å². The molecule has 2 aliphatic carbocycles. The van der Waals surface area contributed by atoms with Gasteiger partial charge in [-0.2, -0.15) is 5.26 Å². The number of benzene rings is 1. The van der Waals surface area contributed by atoms with Crippen molar-refractivity contribution in [3.8, 4) is 6.07 Å². The number of carbonyl (C=O) groups excluding carboxylic acids is 2. The van der Waals surface area contributed by atoms with Crippen LogP contribution in [-0.2, 0) is 35.2 Å². The predicted octanol–water partition coefficient (Wildman–Crippen LogP) is 6.38. The summed E-state index contributed by atoms with van der Waals surface area (Å²) in [5.74, 6) is -0.501. The number of amides is 1. The van der Waals surface area contributed by atoms with Crippen molar-refractivity contribution < 1.29 is 14.3 Å². The number of aryl methyl sites for hydroxylation is 2. The fourth-order valence-electron chi connectivity index (χ4n) is 5.68. The maximum atomic E-state index is 13.5. The van der Waals surface area contributed by atoms with Gasteiger partial charge in [0.15, 0.2) is 6.61 Å². The Morgan fingerprint density at radius 3 is 2.70 bits per heavy atom. The van der Waals surface area contributed by atoms with Crippen LogP contribution < -0.4 is 5.32 Å². The Labute approximate surface area is 222 Å². The van der Waals surface area contributed by atoms with Gasteiger partial charge in [0.05, 0.1) is 16.6 Å². The highest BCUT2D eigenvalue weighted by molar-refractivity contribution is 7.16. The SMILES string of the molecule is CC(C)(C)C1CCc2nc3ccccc3c(C(=O)OCC(=O)Nc3sc4c(c3C#N)CCCCC4)c2C1. The van der Waals surface area contributed by atoms with Gasteiger partial charge in [-0.1, -0.05) is 45.4 Å². The van der Waals surface area contributed by atoms with Gasteiger partial charge < -0.3 is 10.1 Å². The molecule has 2 aliphatic rings. The van der Waals surface area contributed by atoms with Gasteiger partial charge in [0, 0.05) is 16.0 Å². The second-order valence-electron chi connectivity index (χ2n) is 11.2. The Kier molecular flexibility index (Phi) is 7.04. The molecule has 7 heteroatoms. The molecule has 1 aromatic carbocycles. The zero-order valence-electron chi connectivity index (χ0n) is 21.8. The fourth-order valence-corrected chi connectivity index (χ4v) is 6.93. The van der Waals surface area contributed by atoms with E-state index in [1.54, 1.807) is 0 Å². The zero-order valence-corrected chi connectivity index (χ0v) is 22.6. The van der Waals surface area contributed by atoms with Gasteiger partial charge in [0.2, 0.25) is 0 Å². The molecule has 1 unspecified atom stereocenters. The Hall–Kier alpha value is -3.24. The molecular weight excluding hydrogens is 482 g/mol. The van der Waals surface area contributed by atoms with Crippen molar-refractivity contribution >= 4 is 39.1 Å². The van der Waals surface area contributed by atoms with E-state index in [0.717, 1.165) is 79.1 Å². The highest BCUT2D eigenvalue weighted by Gasteiger charge is 2.33. The second-order valence-corrected chi connectivity index (χ2v) is 12.3. The number of fused-ring (bicyclic) bond motifs is 3. The quantitative estimate of drug-likeness (QED) is 0.321. The average Bonchev–Trinajstić information content (AvgIpc) is 3.03. The lowest BCUT2D eigenvalue weighted by molar-refractivity contribution is -0.119. The number of aromatic nitrogens is 1. The van der Waals surface area contributed by atoms with E-state index in [4.69, 9.17) is 9.72 Å². The van der Waals surface area contributed by atoms with E-state index < -0.39 is 18.5 Å². The van der Waals surface area contributed by atoms with Gasteiger partial charge in [-0.25, -0.2) is 4.79 Å². The molecule has 1 amide bonds. The van der Waals surface area contributed by atoms with Crippen molar-refractivity contribution in [2.75, 3.05) is 11.9 Å². The minimum atomic E-state index is -0.498.